The lowest BCUT2D eigenvalue weighted by atomic mass is 10.0. The molecule has 2 atom stereocenters. The Morgan fingerprint density at radius 2 is 1.88 bits per heavy atom. The molecule has 0 bridgehead atoms. The van der Waals surface area contributed by atoms with Gasteiger partial charge in [0.15, 0.2) is 0 Å². The monoisotopic (exact) mass is 459 g/mol. The highest BCUT2D eigenvalue weighted by Crippen LogP contribution is 2.36. The van der Waals surface area contributed by atoms with Gasteiger partial charge in [0.05, 0.1) is 5.69 Å². The van der Waals surface area contributed by atoms with Crippen LogP contribution in [0.15, 0.2) is 29.1 Å². The summed E-state index contributed by atoms with van der Waals surface area (Å²) in [6.07, 6.45) is 5.08. The topological polar surface area (TPSA) is 81.3 Å². The van der Waals surface area contributed by atoms with E-state index in [-0.39, 0.29) is 28.2 Å². The van der Waals surface area contributed by atoms with E-state index in [1.165, 1.54) is 0 Å². The molecule has 0 aromatic carbocycles. The zero-order valence-corrected chi connectivity index (χ0v) is 18.6. The number of H-pyrrole nitrogens is 1. The van der Waals surface area contributed by atoms with E-state index in [1.807, 2.05) is 11.0 Å². The largest absolute Gasteiger partial charge is 0.365 e. The van der Waals surface area contributed by atoms with Crippen LogP contribution >= 0.6 is 11.6 Å². The smallest absolute Gasteiger partial charge is 0.270 e. The van der Waals surface area contributed by atoms with Gasteiger partial charge < -0.3 is 15.2 Å². The molecule has 2 aromatic heterocycles. The summed E-state index contributed by atoms with van der Waals surface area (Å²) >= 11 is 5.85. The molecule has 0 spiro atoms. The molecule has 3 fully saturated rings. The first kappa shape index (κ1) is 21.4. The van der Waals surface area contributed by atoms with Crippen molar-refractivity contribution in [3.8, 4) is 0 Å². The van der Waals surface area contributed by atoms with Gasteiger partial charge in [0.1, 0.15) is 10.7 Å². The van der Waals surface area contributed by atoms with Crippen LogP contribution in [0, 0.1) is 5.95 Å². The molecular weight excluding hydrogens is 433 g/mol. The number of nitrogens with one attached hydrogen (secondary N) is 2. The van der Waals surface area contributed by atoms with Crippen molar-refractivity contribution in [3.05, 3.63) is 57.0 Å². The number of carbonyl (C=O) groups is 1. The maximum atomic E-state index is 14.7. The number of hydrogen-bond donors (Lipinski definition) is 2. The minimum absolute atomic E-state index is 0.133. The number of piperazine rings is 1. The fourth-order valence-corrected chi connectivity index (χ4v) is 5.00. The summed E-state index contributed by atoms with van der Waals surface area (Å²) in [6, 6.07) is 7.54. The second kappa shape index (κ2) is 8.83. The van der Waals surface area contributed by atoms with Crippen molar-refractivity contribution in [3.63, 3.8) is 0 Å². The Hall–Kier alpha value is -2.45. The minimum atomic E-state index is -0.588. The van der Waals surface area contributed by atoms with E-state index in [0.29, 0.717) is 30.7 Å². The van der Waals surface area contributed by atoms with Crippen LogP contribution in [0.2, 0.25) is 5.02 Å². The predicted molar refractivity (Wildman–Crippen MR) is 121 cm³/mol. The Labute approximate surface area is 191 Å². The number of pyridine rings is 2. The Morgan fingerprint density at radius 3 is 2.56 bits per heavy atom. The molecule has 1 saturated heterocycles. The zero-order chi connectivity index (χ0) is 22.2. The number of carbonyl (C=O) groups excluding carboxylic acids is 1. The summed E-state index contributed by atoms with van der Waals surface area (Å²) in [4.78, 5) is 35.2. The van der Waals surface area contributed by atoms with E-state index >= 15 is 0 Å². The molecule has 5 rings (SSSR count). The lowest BCUT2D eigenvalue weighted by Gasteiger charge is -2.39. The van der Waals surface area contributed by atoms with Crippen LogP contribution in [0.25, 0.3) is 0 Å². The minimum Gasteiger partial charge on any atom is -0.365 e. The van der Waals surface area contributed by atoms with Gasteiger partial charge in [0.2, 0.25) is 5.95 Å². The molecule has 3 heterocycles. The molecule has 2 saturated carbocycles. The molecule has 0 radical (unpaired) electrons. The number of nitrogens with zero attached hydrogens (tertiary/aromatic N) is 3. The van der Waals surface area contributed by atoms with Crippen molar-refractivity contribution in [2.45, 2.75) is 50.1 Å². The molecule has 32 heavy (non-hydrogen) atoms. The molecular formula is C23H27ClFN5O2. The van der Waals surface area contributed by atoms with Crippen molar-refractivity contribution >= 4 is 23.2 Å². The van der Waals surface area contributed by atoms with Gasteiger partial charge >= 0.3 is 0 Å². The molecule has 2 aliphatic carbocycles. The van der Waals surface area contributed by atoms with Crippen LogP contribution in [0.3, 0.4) is 0 Å². The van der Waals surface area contributed by atoms with Crippen molar-refractivity contribution < 1.29 is 9.18 Å². The standard InChI is InChI=1S/C23H27ClFN5O2/c24-17-5-6-18(28-22(17)31)14-1-4-16(13-14)29-9-11-30(12-10-29)20-8-7-19(27-21(20)25)23(32)26-15-2-3-15/h5-8,14-16H,1-4,9-13H2,(H,26,32)(H,28,31). The summed E-state index contributed by atoms with van der Waals surface area (Å²) in [7, 11) is 0. The van der Waals surface area contributed by atoms with Crippen LogP contribution in [0.5, 0.6) is 0 Å². The quantitative estimate of drug-likeness (QED) is 0.672. The number of rotatable bonds is 5. The van der Waals surface area contributed by atoms with Crippen molar-refractivity contribution in [2.75, 3.05) is 31.1 Å². The van der Waals surface area contributed by atoms with Crippen LogP contribution < -0.4 is 15.8 Å². The normalized spacial score (nSPS) is 24.0. The molecule has 2 N–H and O–H groups in total. The van der Waals surface area contributed by atoms with Gasteiger partial charge in [0, 0.05) is 49.9 Å². The van der Waals surface area contributed by atoms with E-state index in [2.05, 4.69) is 20.2 Å². The highest BCUT2D eigenvalue weighted by atomic mass is 35.5. The van der Waals surface area contributed by atoms with Crippen LogP contribution in [0.4, 0.5) is 10.1 Å². The van der Waals surface area contributed by atoms with Crippen molar-refractivity contribution in [1.82, 2.24) is 20.2 Å². The Bertz CT molecular complexity index is 1060. The first-order valence-electron chi connectivity index (χ1n) is 11.3. The van der Waals surface area contributed by atoms with E-state index in [9.17, 15) is 14.0 Å². The van der Waals surface area contributed by atoms with Gasteiger partial charge in [0.25, 0.3) is 11.5 Å². The third-order valence-electron chi connectivity index (χ3n) is 6.87. The molecule has 2 unspecified atom stereocenters. The van der Waals surface area contributed by atoms with Gasteiger partial charge in [-0.15, -0.1) is 0 Å². The van der Waals surface area contributed by atoms with Crippen molar-refractivity contribution in [2.24, 2.45) is 0 Å². The maximum Gasteiger partial charge on any atom is 0.270 e. The predicted octanol–water partition coefficient (Wildman–Crippen LogP) is 2.91. The SMILES string of the molecule is O=C(NC1CC1)c1ccc(N2CCN(C3CCC(c4ccc(Cl)c(=O)[nH]4)C3)CC2)c(F)n1. The number of amides is 1. The second-order valence-electron chi connectivity index (χ2n) is 9.03. The summed E-state index contributed by atoms with van der Waals surface area (Å²) in [5.41, 5.74) is 1.32. The Morgan fingerprint density at radius 1 is 1.09 bits per heavy atom. The lowest BCUT2D eigenvalue weighted by molar-refractivity contribution is 0.0945. The van der Waals surface area contributed by atoms with E-state index in [1.54, 1.807) is 18.2 Å². The molecule has 1 amide bonds. The Balaban J connectivity index is 1.17. The average molecular weight is 460 g/mol. The summed E-state index contributed by atoms with van der Waals surface area (Å²) in [6.45, 7) is 3.12. The molecule has 7 nitrogen and oxygen atoms in total. The Kier molecular flexibility index (Phi) is 5.90. The molecule has 3 aliphatic rings. The summed E-state index contributed by atoms with van der Waals surface area (Å²) in [5, 5.41) is 3.06. The third-order valence-corrected chi connectivity index (χ3v) is 7.17. The molecule has 9 heteroatoms. The van der Waals surface area contributed by atoms with Crippen LogP contribution in [0.1, 0.15) is 54.2 Å². The first-order valence-corrected chi connectivity index (χ1v) is 11.7. The van der Waals surface area contributed by atoms with E-state index in [0.717, 1.165) is 50.9 Å². The highest BCUT2D eigenvalue weighted by Gasteiger charge is 2.33. The zero-order valence-electron chi connectivity index (χ0n) is 17.8. The number of aromatic amines is 1. The maximum absolute atomic E-state index is 14.7. The van der Waals surface area contributed by atoms with Crippen molar-refractivity contribution in [1.29, 1.82) is 0 Å². The van der Waals surface area contributed by atoms with Gasteiger partial charge in [-0.3, -0.25) is 14.5 Å². The number of halogens is 2. The molecule has 1 aliphatic heterocycles. The number of aromatic nitrogens is 2. The second-order valence-corrected chi connectivity index (χ2v) is 9.44. The summed E-state index contributed by atoms with van der Waals surface area (Å²) < 4.78 is 14.7. The van der Waals surface area contributed by atoms with E-state index in [4.69, 9.17) is 11.6 Å². The van der Waals surface area contributed by atoms with Gasteiger partial charge in [-0.25, -0.2) is 4.98 Å². The first-order chi connectivity index (χ1) is 15.5. The fraction of sp³-hybridized carbons (Fsp3) is 0.522. The number of hydrogen-bond acceptors (Lipinski definition) is 5. The fourth-order valence-electron chi connectivity index (χ4n) is 4.89. The average Bonchev–Trinajstić information content (AvgIpc) is 3.47. The van der Waals surface area contributed by atoms with Crippen LogP contribution in [-0.4, -0.2) is 59.0 Å². The van der Waals surface area contributed by atoms with Gasteiger partial charge in [-0.2, -0.15) is 4.39 Å². The number of anilines is 1. The highest BCUT2D eigenvalue weighted by molar-refractivity contribution is 6.30. The lowest BCUT2D eigenvalue weighted by Crippen LogP contribution is -2.50. The molecule has 170 valence electrons. The van der Waals surface area contributed by atoms with Gasteiger partial charge in [-0.05, 0) is 56.4 Å². The molecule has 2 aromatic rings. The summed E-state index contributed by atoms with van der Waals surface area (Å²) in [5.74, 6) is -0.561. The third kappa shape index (κ3) is 4.52. The van der Waals surface area contributed by atoms with Gasteiger partial charge in [-0.1, -0.05) is 11.6 Å². The van der Waals surface area contributed by atoms with E-state index < -0.39 is 5.95 Å². The van der Waals surface area contributed by atoms with Crippen LogP contribution in [-0.2, 0) is 0 Å².